The minimum absolute atomic E-state index is 0. The molecule has 0 N–H and O–H groups in total. The standard InChI is InChI=1S/Ag.Au.Co.Ta.Ti. The summed E-state index contributed by atoms with van der Waals surface area (Å²) in [5.41, 5.74) is 0. The third-order valence-corrected chi connectivity index (χ3v) is 0. The van der Waals surface area contributed by atoms with E-state index >= 15 is 0 Å². The van der Waals surface area contributed by atoms with Gasteiger partial charge in [-0.2, -0.15) is 0 Å². The Morgan fingerprint density at radius 2 is 1.00 bits per heavy atom. The second kappa shape index (κ2) is 26.1. The summed E-state index contributed by atoms with van der Waals surface area (Å²) in [6, 6.07) is 0. The first-order valence-corrected chi connectivity index (χ1v) is 0. The van der Waals surface area contributed by atoms with E-state index in [1.54, 1.807) is 0 Å². The van der Waals surface area contributed by atoms with Gasteiger partial charge in [-0.3, -0.25) is 0 Å². The quantitative estimate of drug-likeness (QED) is 0.348. The summed E-state index contributed by atoms with van der Waals surface area (Å²) >= 11 is 0. The fourth-order valence-electron chi connectivity index (χ4n) is 0. The average Bonchev–Trinajstić information content (AvgIpc) is 0. The summed E-state index contributed by atoms with van der Waals surface area (Å²) in [6.45, 7) is 0. The van der Waals surface area contributed by atoms with Gasteiger partial charge in [-0.1, -0.05) is 0 Å². The van der Waals surface area contributed by atoms with Gasteiger partial charge in [0.25, 0.3) is 0 Å². The van der Waals surface area contributed by atoms with E-state index in [0.29, 0.717) is 0 Å². The summed E-state index contributed by atoms with van der Waals surface area (Å²) in [5.74, 6) is 0. The van der Waals surface area contributed by atoms with E-state index in [1.165, 1.54) is 0 Å². The van der Waals surface area contributed by atoms with Crippen LogP contribution in [0.1, 0.15) is 0 Å². The molecule has 0 unspecified atom stereocenters. The number of hydrogen-bond acceptors (Lipinski definition) is 0. The van der Waals surface area contributed by atoms with Crippen molar-refractivity contribution in [3.63, 3.8) is 0 Å². The summed E-state index contributed by atoms with van der Waals surface area (Å²) in [7, 11) is 0. The molecule has 4 radical (unpaired) electrons. The normalized spacial score (nSPS) is 0. The van der Waals surface area contributed by atoms with Crippen LogP contribution in [0.2, 0.25) is 0 Å². The molecule has 0 aromatic rings. The van der Waals surface area contributed by atoms with Crippen LogP contribution in [0.15, 0.2) is 0 Å². The first kappa shape index (κ1) is 39.5. The molecule has 5 heteroatoms. The van der Waals surface area contributed by atoms with Crippen LogP contribution in [-0.2, 0) is 106 Å². The molecule has 0 heterocycles. The van der Waals surface area contributed by atoms with Gasteiger partial charge >= 0.3 is 0 Å². The van der Waals surface area contributed by atoms with Crippen molar-refractivity contribution in [1.82, 2.24) is 0 Å². The van der Waals surface area contributed by atoms with Crippen LogP contribution < -0.4 is 0 Å². The molecule has 0 saturated heterocycles. The minimum atomic E-state index is 0. The Hall–Kier alpha value is 3.44. The van der Waals surface area contributed by atoms with Gasteiger partial charge in [-0.25, -0.2) is 0 Å². The summed E-state index contributed by atoms with van der Waals surface area (Å²) in [4.78, 5) is 0. The molecule has 0 aromatic heterocycles. The van der Waals surface area contributed by atoms with Crippen molar-refractivity contribution in [3.8, 4) is 0 Å². The minimum Gasteiger partial charge on any atom is 0 e. The van der Waals surface area contributed by atoms with Gasteiger partial charge in [0.15, 0.2) is 0 Å². The second-order valence-electron chi connectivity index (χ2n) is 0. The molecule has 0 bridgehead atoms. The van der Waals surface area contributed by atoms with Crippen molar-refractivity contribution in [1.29, 1.82) is 0 Å². The van der Waals surface area contributed by atoms with Gasteiger partial charge in [-0.15, -0.1) is 0 Å². The second-order valence-corrected chi connectivity index (χ2v) is 0. The third kappa shape index (κ3) is 18.6. The van der Waals surface area contributed by atoms with Crippen molar-refractivity contribution in [2.45, 2.75) is 0 Å². The van der Waals surface area contributed by atoms with Crippen LogP contribution in [0.5, 0.6) is 0 Å². The first-order valence-electron chi connectivity index (χ1n) is 0. The zero-order valence-corrected chi connectivity index (χ0v) is 11.3. The predicted molar refractivity (Wildman–Crippen MR) is 0 cm³/mol. The zero-order chi connectivity index (χ0) is 0. The Labute approximate surface area is 104 Å². The zero-order valence-electron chi connectivity index (χ0n) is 1.88. The molecule has 0 atom stereocenters. The maximum Gasteiger partial charge on any atom is 0 e. The van der Waals surface area contributed by atoms with E-state index in [-0.39, 0.29) is 106 Å². The fourth-order valence-corrected chi connectivity index (χ4v) is 0. The predicted octanol–water partition coefficient (Wildman–Crippen LogP) is -0.0125. The van der Waals surface area contributed by atoms with Crippen molar-refractivity contribution in [2.75, 3.05) is 0 Å². The van der Waals surface area contributed by atoms with Crippen LogP contribution in [0, 0.1) is 0 Å². The van der Waals surface area contributed by atoms with E-state index < -0.39 is 0 Å². The summed E-state index contributed by atoms with van der Waals surface area (Å²) < 4.78 is 0. The van der Waals surface area contributed by atoms with Crippen molar-refractivity contribution in [3.05, 3.63) is 0 Å². The molecule has 0 saturated carbocycles. The third-order valence-electron chi connectivity index (χ3n) is 0. The Balaban J connectivity index is 0. The number of hydrogen-bond donors (Lipinski definition) is 0. The van der Waals surface area contributed by atoms with E-state index in [2.05, 4.69) is 0 Å². The molecule has 0 spiro atoms. The molecule has 0 aliphatic carbocycles. The van der Waals surface area contributed by atoms with E-state index in [9.17, 15) is 0 Å². The van der Waals surface area contributed by atoms with Crippen molar-refractivity contribution < 1.29 is 106 Å². The van der Waals surface area contributed by atoms with Crippen LogP contribution in [-0.4, -0.2) is 0 Å². The van der Waals surface area contributed by atoms with Gasteiger partial charge in [0.05, 0.1) is 0 Å². The molecular weight excluding hydrogens is 593 g/mol. The van der Waals surface area contributed by atoms with E-state index in [4.69, 9.17) is 0 Å². The van der Waals surface area contributed by atoms with Crippen LogP contribution in [0.4, 0.5) is 0 Å². The van der Waals surface area contributed by atoms with Gasteiger partial charge < -0.3 is 0 Å². The molecule has 0 aromatic carbocycles. The molecular formula is AgAuCoTaTi. The largest absolute Gasteiger partial charge is 0 e. The first-order chi connectivity index (χ1) is 0. The summed E-state index contributed by atoms with van der Waals surface area (Å²) in [5, 5.41) is 0. The fraction of sp³-hybridized carbons (Fsp3) is 0. The smallest absolute Gasteiger partial charge is 0 e. The monoisotopic (exact) mass is 592 g/mol. The molecule has 0 amide bonds. The van der Waals surface area contributed by atoms with E-state index in [1.807, 2.05) is 0 Å². The maximum absolute atomic E-state index is 0. The molecule has 0 aliphatic heterocycles. The van der Waals surface area contributed by atoms with Gasteiger partial charge in [0, 0.05) is 106 Å². The SMILES string of the molecule is [Ag].[Au].[Co].[Ta].[Ti]. The molecule has 0 rings (SSSR count). The van der Waals surface area contributed by atoms with Crippen molar-refractivity contribution in [2.24, 2.45) is 0 Å². The molecule has 0 nitrogen and oxygen atoms in total. The average molecular weight is 593 g/mol. The van der Waals surface area contributed by atoms with E-state index in [0.717, 1.165) is 0 Å². The topological polar surface area (TPSA) is 0 Å². The van der Waals surface area contributed by atoms with Crippen LogP contribution in [0.3, 0.4) is 0 Å². The Kier molecular flexibility index (Phi) is 206. The van der Waals surface area contributed by atoms with Gasteiger partial charge in [-0.05, 0) is 0 Å². The van der Waals surface area contributed by atoms with Gasteiger partial charge in [0.2, 0.25) is 0 Å². The Morgan fingerprint density at radius 3 is 1.00 bits per heavy atom. The Morgan fingerprint density at radius 1 is 1.00 bits per heavy atom. The molecule has 0 fully saturated rings. The van der Waals surface area contributed by atoms with Crippen molar-refractivity contribution >= 4 is 0 Å². The molecule has 0 aliphatic rings. The molecule has 40 valence electrons. The van der Waals surface area contributed by atoms with Crippen LogP contribution in [0.25, 0.3) is 0 Å². The maximum atomic E-state index is 0. The molecule has 5 heavy (non-hydrogen) atoms. The Bertz CT molecular complexity index is 11.6. The van der Waals surface area contributed by atoms with Gasteiger partial charge in [0.1, 0.15) is 0 Å². The summed E-state index contributed by atoms with van der Waals surface area (Å²) in [6.07, 6.45) is 0. The number of rotatable bonds is 0. The van der Waals surface area contributed by atoms with Crippen LogP contribution >= 0.6 is 0 Å².